The van der Waals surface area contributed by atoms with Gasteiger partial charge in [0.15, 0.2) is 0 Å². The van der Waals surface area contributed by atoms with Gasteiger partial charge in [0.25, 0.3) is 0 Å². The molecule has 0 aliphatic heterocycles. The molecule has 5 heterocycles. The molecule has 0 amide bonds. The number of fused-ring (bicyclic) bond motifs is 3. The minimum Gasteiger partial charge on any atom is -0.311 e. The second kappa shape index (κ2) is 22.6. The van der Waals surface area contributed by atoms with E-state index in [2.05, 4.69) is 312 Å². The lowest BCUT2D eigenvalue weighted by Gasteiger charge is -2.25. The number of aromatic nitrogens is 5. The van der Waals surface area contributed by atoms with E-state index in [9.17, 15) is 0 Å². The maximum absolute atomic E-state index is 6.05. The first kappa shape index (κ1) is 51.3. The van der Waals surface area contributed by atoms with E-state index in [0.29, 0.717) is 0 Å². The number of rotatable bonds is 13. The van der Waals surface area contributed by atoms with Crippen LogP contribution in [0.3, 0.4) is 0 Å². The van der Waals surface area contributed by atoms with E-state index >= 15 is 0 Å². The van der Waals surface area contributed by atoms with Crippen molar-refractivity contribution in [3.8, 4) is 107 Å². The highest BCUT2D eigenvalue weighted by atomic mass is 15.1. The molecule has 0 spiro atoms. The monoisotopic (exact) mass is 1100 g/mol. The van der Waals surface area contributed by atoms with Crippen molar-refractivity contribution in [1.29, 1.82) is 0 Å². The summed E-state index contributed by atoms with van der Waals surface area (Å²) in [7, 11) is 0. The predicted molar refractivity (Wildman–Crippen MR) is 356 cm³/mol. The summed E-state index contributed by atoms with van der Waals surface area (Å²) < 4.78 is 2.46. The molecular weight excluding hydrogens is 1040 g/mol. The molecule has 15 rings (SSSR count). The molecule has 0 atom stereocenters. The second-order valence-electron chi connectivity index (χ2n) is 21.4. The third-order valence-electron chi connectivity index (χ3n) is 16.1. The molecule has 6 nitrogen and oxygen atoms in total. The lowest BCUT2D eigenvalue weighted by Crippen LogP contribution is -2.09. The zero-order valence-electron chi connectivity index (χ0n) is 46.9. The van der Waals surface area contributed by atoms with Crippen LogP contribution < -0.4 is 4.90 Å². The van der Waals surface area contributed by atoms with Crippen molar-refractivity contribution >= 4 is 38.9 Å². The molecule has 0 saturated carbocycles. The lowest BCUT2D eigenvalue weighted by molar-refractivity contribution is 1.15. The van der Waals surface area contributed by atoms with Crippen molar-refractivity contribution < 1.29 is 0 Å². The smallest absolute Gasteiger partial charge is 0.0957 e. The van der Waals surface area contributed by atoms with Gasteiger partial charge in [-0.05, 0) is 113 Å². The minimum absolute atomic E-state index is 0.790. The van der Waals surface area contributed by atoms with Crippen molar-refractivity contribution in [2.45, 2.75) is 0 Å². The number of pyridine rings is 4. The van der Waals surface area contributed by atoms with E-state index < -0.39 is 0 Å². The number of hydrogen-bond donors (Lipinski definition) is 0. The van der Waals surface area contributed by atoms with Crippen LogP contribution in [0, 0.1) is 0 Å². The minimum atomic E-state index is 0.790. The maximum Gasteiger partial charge on any atom is 0.0957 e. The molecule has 0 bridgehead atoms. The lowest BCUT2D eigenvalue weighted by atomic mass is 9.91. The molecule has 86 heavy (non-hydrogen) atoms. The molecule has 10 aromatic carbocycles. The fourth-order valence-corrected chi connectivity index (χ4v) is 12.0. The van der Waals surface area contributed by atoms with Gasteiger partial charge in [-0.2, -0.15) is 0 Å². The third-order valence-corrected chi connectivity index (χ3v) is 16.1. The number of benzene rings is 10. The van der Waals surface area contributed by atoms with Gasteiger partial charge in [-0.25, -0.2) is 15.0 Å². The zero-order valence-corrected chi connectivity index (χ0v) is 46.9. The molecule has 5 aromatic heterocycles. The standard InChI is InChI=1S/C80H54N6/c1-7-24-56(25-8-1)72-49-62(50-73(82-72)57-26-9-2-10-27-57)76-53-71(68-38-20-19-37-67(68)61-32-23-47-81-54-61)80(79(84-76)63-51-74(58-28-11-3-12-29-58)83-75(52-63)59-30-13-4-14-31-59)86-77-40-22-21-39-69(77)70-48-60(43-46-78(70)86)55-41-44-66(45-42-55)85(64-33-15-5-16-34-64)65-35-17-6-18-36-65/h1-54H. The Hall–Kier alpha value is -11.6. The van der Waals surface area contributed by atoms with Crippen molar-refractivity contribution in [1.82, 2.24) is 24.5 Å². The number of para-hydroxylation sites is 3. The first-order valence-corrected chi connectivity index (χ1v) is 29.0. The van der Waals surface area contributed by atoms with Gasteiger partial charge in [0.2, 0.25) is 0 Å². The van der Waals surface area contributed by atoms with Crippen LogP contribution in [0.15, 0.2) is 328 Å². The maximum atomic E-state index is 6.05. The highest BCUT2D eigenvalue weighted by Gasteiger charge is 2.26. The molecule has 0 fully saturated rings. The molecule has 0 aliphatic carbocycles. The summed E-state index contributed by atoms with van der Waals surface area (Å²) in [5.74, 6) is 0. The van der Waals surface area contributed by atoms with E-state index in [-0.39, 0.29) is 0 Å². The Balaban J connectivity index is 1.02. The van der Waals surface area contributed by atoms with Crippen LogP contribution in [-0.4, -0.2) is 24.5 Å². The van der Waals surface area contributed by atoms with Crippen LogP contribution in [-0.2, 0) is 0 Å². The van der Waals surface area contributed by atoms with Crippen LogP contribution >= 0.6 is 0 Å². The van der Waals surface area contributed by atoms with E-state index in [1.165, 1.54) is 0 Å². The largest absolute Gasteiger partial charge is 0.311 e. The summed E-state index contributed by atoms with van der Waals surface area (Å²) in [5.41, 5.74) is 23.5. The third kappa shape index (κ3) is 9.87. The highest BCUT2D eigenvalue weighted by molar-refractivity contribution is 6.12. The van der Waals surface area contributed by atoms with Gasteiger partial charge in [0, 0.05) is 84.7 Å². The number of anilines is 3. The molecule has 0 radical (unpaired) electrons. The molecule has 0 aliphatic rings. The van der Waals surface area contributed by atoms with E-state index in [4.69, 9.17) is 15.0 Å². The Morgan fingerprint density at radius 3 is 1.22 bits per heavy atom. The summed E-state index contributed by atoms with van der Waals surface area (Å²) in [6.07, 6.45) is 3.79. The number of hydrogen-bond acceptors (Lipinski definition) is 5. The second-order valence-corrected chi connectivity index (χ2v) is 21.4. The summed E-state index contributed by atoms with van der Waals surface area (Å²) in [4.78, 5) is 23.8. The van der Waals surface area contributed by atoms with Gasteiger partial charge < -0.3 is 9.47 Å². The molecule has 15 aromatic rings. The van der Waals surface area contributed by atoms with Crippen molar-refractivity contribution in [2.24, 2.45) is 0 Å². The van der Waals surface area contributed by atoms with Crippen LogP contribution in [0.25, 0.3) is 128 Å². The Labute approximate surface area is 500 Å². The average molecular weight is 1100 g/mol. The predicted octanol–water partition coefficient (Wildman–Crippen LogP) is 20.8. The zero-order chi connectivity index (χ0) is 57.2. The van der Waals surface area contributed by atoms with Gasteiger partial charge in [0.1, 0.15) is 0 Å². The SMILES string of the molecule is c1ccc(-c2cc(-c3cc(-c4ccccc4-c4cccnc4)c(-n4c5ccccc5c5cc(-c6ccc(N(c7ccccc7)c7ccccc7)cc6)ccc54)c(-c4cc(-c5ccccc5)nc(-c5ccccc5)c4)n3)cc(-c3ccccc3)n2)cc1. The Morgan fingerprint density at radius 1 is 0.256 bits per heavy atom. The summed E-state index contributed by atoms with van der Waals surface area (Å²) in [6.45, 7) is 0. The average Bonchev–Trinajstić information content (AvgIpc) is 2.32. The Kier molecular flexibility index (Phi) is 13.5. The van der Waals surface area contributed by atoms with Crippen LogP contribution in [0.5, 0.6) is 0 Å². The fourth-order valence-electron chi connectivity index (χ4n) is 12.0. The molecule has 0 N–H and O–H groups in total. The topological polar surface area (TPSA) is 59.7 Å². The van der Waals surface area contributed by atoms with Crippen LogP contribution in [0.1, 0.15) is 0 Å². The Bertz CT molecular complexity index is 4730. The molecule has 6 heteroatoms. The van der Waals surface area contributed by atoms with Gasteiger partial charge in [-0.1, -0.05) is 224 Å². The van der Waals surface area contributed by atoms with Crippen molar-refractivity contribution in [2.75, 3.05) is 4.90 Å². The van der Waals surface area contributed by atoms with Gasteiger partial charge in [0.05, 0.1) is 50.9 Å². The van der Waals surface area contributed by atoms with Gasteiger partial charge >= 0.3 is 0 Å². The van der Waals surface area contributed by atoms with Crippen molar-refractivity contribution in [3.05, 3.63) is 328 Å². The van der Waals surface area contributed by atoms with E-state index in [1.54, 1.807) is 0 Å². The molecule has 404 valence electrons. The summed E-state index contributed by atoms with van der Waals surface area (Å²) in [5, 5.41) is 2.25. The first-order chi connectivity index (χ1) is 42.6. The first-order valence-electron chi connectivity index (χ1n) is 29.0. The van der Waals surface area contributed by atoms with Gasteiger partial charge in [-0.15, -0.1) is 0 Å². The Morgan fingerprint density at radius 2 is 0.686 bits per heavy atom. The van der Waals surface area contributed by atoms with Crippen molar-refractivity contribution in [3.63, 3.8) is 0 Å². The molecule has 0 unspecified atom stereocenters. The van der Waals surface area contributed by atoms with Crippen LogP contribution in [0.2, 0.25) is 0 Å². The van der Waals surface area contributed by atoms with Crippen LogP contribution in [0.4, 0.5) is 17.1 Å². The quantitative estimate of drug-likeness (QED) is 0.115. The van der Waals surface area contributed by atoms with E-state index in [1.807, 2.05) is 30.6 Å². The van der Waals surface area contributed by atoms with E-state index in [0.717, 1.165) is 145 Å². The normalized spacial score (nSPS) is 11.3. The van der Waals surface area contributed by atoms with Gasteiger partial charge in [-0.3, -0.25) is 4.98 Å². The summed E-state index contributed by atoms with van der Waals surface area (Å²) in [6, 6.07) is 112. The molecule has 0 saturated heterocycles. The fraction of sp³-hybridized carbons (Fsp3) is 0. The summed E-state index contributed by atoms with van der Waals surface area (Å²) >= 11 is 0. The highest BCUT2D eigenvalue weighted by Crippen LogP contribution is 2.47. The molecular formula is C80H54N6. The number of nitrogens with zero attached hydrogens (tertiary/aromatic N) is 6.